The van der Waals surface area contributed by atoms with Crippen LogP contribution in [0.25, 0.3) is 0 Å². The Balaban J connectivity index is 2.80. The number of hydrogen-bond donors (Lipinski definition) is 3. The molecular weight excluding hydrogens is 285 g/mol. The molecule has 112 valence electrons. The summed E-state index contributed by atoms with van der Waals surface area (Å²) >= 11 is 0. The van der Waals surface area contributed by atoms with E-state index in [1.807, 2.05) is 0 Å². The van der Waals surface area contributed by atoms with Gasteiger partial charge in [-0.1, -0.05) is 6.07 Å². The number of carbonyl (C=O) groups excluding carboxylic acids is 1. The summed E-state index contributed by atoms with van der Waals surface area (Å²) < 4.78 is 39.8. The summed E-state index contributed by atoms with van der Waals surface area (Å²) in [5.74, 6) is -0.924. The number of sulfonamides is 1. The largest absolute Gasteiger partial charge is 0.356 e. The van der Waals surface area contributed by atoms with Crippen LogP contribution in [0.4, 0.5) is 4.39 Å². The van der Waals surface area contributed by atoms with Gasteiger partial charge in [0.15, 0.2) is 0 Å². The number of amides is 1. The molecule has 0 heterocycles. The molecular formula is C12H18FN3O3S. The molecule has 0 bridgehead atoms. The molecule has 4 N–H and O–H groups in total. The lowest BCUT2D eigenvalue weighted by Crippen LogP contribution is -2.31. The second kappa shape index (κ2) is 7.32. The number of benzene rings is 1. The summed E-state index contributed by atoms with van der Waals surface area (Å²) in [5, 5.41) is 2.55. The van der Waals surface area contributed by atoms with Crippen molar-refractivity contribution in [3.63, 3.8) is 0 Å². The fourth-order valence-corrected chi connectivity index (χ4v) is 2.94. The third-order valence-corrected chi connectivity index (χ3v) is 4.13. The van der Waals surface area contributed by atoms with Crippen molar-refractivity contribution in [1.29, 1.82) is 0 Å². The van der Waals surface area contributed by atoms with E-state index >= 15 is 0 Å². The Bertz CT molecular complexity index is 575. The van der Waals surface area contributed by atoms with E-state index in [2.05, 4.69) is 10.0 Å². The molecule has 1 aromatic rings. The summed E-state index contributed by atoms with van der Waals surface area (Å²) in [6.07, 6.45) is 0.0142. The third-order valence-electron chi connectivity index (χ3n) is 2.59. The second-order valence-corrected chi connectivity index (χ2v) is 5.76. The zero-order valence-corrected chi connectivity index (χ0v) is 12.0. The Kier molecular flexibility index (Phi) is 6.05. The minimum Gasteiger partial charge on any atom is -0.356 e. The van der Waals surface area contributed by atoms with Crippen LogP contribution < -0.4 is 15.8 Å². The van der Waals surface area contributed by atoms with Crippen molar-refractivity contribution < 1.29 is 17.6 Å². The fourth-order valence-electron chi connectivity index (χ4n) is 1.65. The van der Waals surface area contributed by atoms with Crippen molar-refractivity contribution in [2.24, 2.45) is 5.73 Å². The Labute approximate surface area is 117 Å². The van der Waals surface area contributed by atoms with Gasteiger partial charge in [-0.2, -0.15) is 0 Å². The zero-order valence-electron chi connectivity index (χ0n) is 11.1. The van der Waals surface area contributed by atoms with E-state index in [0.717, 1.165) is 6.07 Å². The SMILES string of the molecule is CCNC(=O)CCNS(=O)(=O)c1cccc(F)c1CN. The van der Waals surface area contributed by atoms with Gasteiger partial charge in [0.2, 0.25) is 15.9 Å². The monoisotopic (exact) mass is 303 g/mol. The van der Waals surface area contributed by atoms with Crippen molar-refractivity contribution >= 4 is 15.9 Å². The van der Waals surface area contributed by atoms with E-state index in [1.54, 1.807) is 6.92 Å². The zero-order chi connectivity index (χ0) is 15.2. The fraction of sp³-hybridized carbons (Fsp3) is 0.417. The Morgan fingerprint density at radius 2 is 2.10 bits per heavy atom. The first kappa shape index (κ1) is 16.5. The maximum absolute atomic E-state index is 13.5. The molecule has 6 nitrogen and oxygen atoms in total. The second-order valence-electron chi connectivity index (χ2n) is 4.02. The summed E-state index contributed by atoms with van der Waals surface area (Å²) in [6, 6.07) is 3.72. The number of hydrogen-bond acceptors (Lipinski definition) is 4. The van der Waals surface area contributed by atoms with E-state index in [4.69, 9.17) is 5.73 Å². The van der Waals surface area contributed by atoms with Crippen LogP contribution in [0.2, 0.25) is 0 Å². The van der Waals surface area contributed by atoms with Gasteiger partial charge in [-0.3, -0.25) is 4.79 Å². The first-order chi connectivity index (χ1) is 9.42. The number of carbonyl (C=O) groups is 1. The third kappa shape index (κ3) is 4.26. The summed E-state index contributed by atoms with van der Waals surface area (Å²) in [4.78, 5) is 11.0. The average Bonchev–Trinajstić information content (AvgIpc) is 2.38. The quantitative estimate of drug-likeness (QED) is 0.664. The van der Waals surface area contributed by atoms with Gasteiger partial charge in [0, 0.05) is 31.6 Å². The van der Waals surface area contributed by atoms with Gasteiger partial charge >= 0.3 is 0 Å². The van der Waals surface area contributed by atoms with E-state index in [-0.39, 0.29) is 35.9 Å². The highest BCUT2D eigenvalue weighted by molar-refractivity contribution is 7.89. The lowest BCUT2D eigenvalue weighted by atomic mass is 10.2. The van der Waals surface area contributed by atoms with Crippen LogP contribution in [-0.4, -0.2) is 27.4 Å². The van der Waals surface area contributed by atoms with Crippen molar-refractivity contribution in [1.82, 2.24) is 10.0 Å². The van der Waals surface area contributed by atoms with Crippen LogP contribution in [-0.2, 0) is 21.4 Å². The first-order valence-corrected chi connectivity index (χ1v) is 7.64. The lowest BCUT2D eigenvalue weighted by molar-refractivity contribution is -0.120. The maximum Gasteiger partial charge on any atom is 0.241 e. The molecule has 0 saturated carbocycles. The molecule has 1 aromatic carbocycles. The van der Waals surface area contributed by atoms with Crippen LogP contribution in [0, 0.1) is 5.82 Å². The molecule has 0 aliphatic carbocycles. The summed E-state index contributed by atoms with van der Waals surface area (Å²) in [6.45, 7) is 1.96. The maximum atomic E-state index is 13.5. The van der Waals surface area contributed by atoms with Gasteiger partial charge in [-0.25, -0.2) is 17.5 Å². The van der Waals surface area contributed by atoms with Crippen molar-refractivity contribution in [3.8, 4) is 0 Å². The van der Waals surface area contributed by atoms with Gasteiger partial charge in [0.25, 0.3) is 0 Å². The first-order valence-electron chi connectivity index (χ1n) is 6.16. The van der Waals surface area contributed by atoms with Crippen LogP contribution in [0.5, 0.6) is 0 Å². The number of halogens is 1. The molecule has 0 unspecified atom stereocenters. The summed E-state index contributed by atoms with van der Waals surface area (Å²) in [7, 11) is -3.89. The molecule has 20 heavy (non-hydrogen) atoms. The van der Waals surface area contributed by atoms with Crippen molar-refractivity contribution in [3.05, 3.63) is 29.6 Å². The minimum absolute atomic E-state index is 0.0142. The highest BCUT2D eigenvalue weighted by Crippen LogP contribution is 2.18. The van der Waals surface area contributed by atoms with Gasteiger partial charge in [0.1, 0.15) is 5.82 Å². The van der Waals surface area contributed by atoms with Gasteiger partial charge in [0.05, 0.1) is 4.90 Å². The topological polar surface area (TPSA) is 101 Å². The van der Waals surface area contributed by atoms with Gasteiger partial charge in [-0.05, 0) is 19.1 Å². The molecule has 0 aliphatic rings. The molecule has 1 rings (SSSR count). The lowest BCUT2D eigenvalue weighted by Gasteiger charge is -2.11. The number of rotatable bonds is 7. The molecule has 1 amide bonds. The van der Waals surface area contributed by atoms with Crippen LogP contribution in [0.15, 0.2) is 23.1 Å². The molecule has 0 aromatic heterocycles. The molecule has 0 fully saturated rings. The molecule has 8 heteroatoms. The van der Waals surface area contributed by atoms with E-state index in [1.165, 1.54) is 12.1 Å². The van der Waals surface area contributed by atoms with Crippen LogP contribution in [0.3, 0.4) is 0 Å². The van der Waals surface area contributed by atoms with E-state index < -0.39 is 15.8 Å². The van der Waals surface area contributed by atoms with Crippen molar-refractivity contribution in [2.45, 2.75) is 24.8 Å². The molecule has 0 spiro atoms. The predicted octanol–water partition coefficient (Wildman–Crippen LogP) is 0.0889. The standard InChI is InChI=1S/C12H18FN3O3S/c1-2-15-12(17)6-7-16-20(18,19)11-5-3-4-10(13)9(11)8-14/h3-5,16H,2,6-8,14H2,1H3,(H,15,17). The molecule has 0 radical (unpaired) electrons. The Morgan fingerprint density at radius 3 is 2.70 bits per heavy atom. The van der Waals surface area contributed by atoms with Crippen LogP contribution >= 0.6 is 0 Å². The van der Waals surface area contributed by atoms with E-state index in [0.29, 0.717) is 6.54 Å². The Morgan fingerprint density at radius 1 is 1.40 bits per heavy atom. The predicted molar refractivity (Wildman–Crippen MR) is 72.8 cm³/mol. The van der Waals surface area contributed by atoms with Crippen molar-refractivity contribution in [2.75, 3.05) is 13.1 Å². The van der Waals surface area contributed by atoms with Crippen LogP contribution in [0.1, 0.15) is 18.9 Å². The number of nitrogens with one attached hydrogen (secondary N) is 2. The Hall–Kier alpha value is -1.51. The smallest absolute Gasteiger partial charge is 0.241 e. The molecule has 0 aliphatic heterocycles. The average molecular weight is 303 g/mol. The minimum atomic E-state index is -3.89. The number of nitrogens with two attached hydrogens (primary N) is 1. The molecule has 0 saturated heterocycles. The normalized spacial score (nSPS) is 11.3. The van der Waals surface area contributed by atoms with E-state index in [9.17, 15) is 17.6 Å². The highest BCUT2D eigenvalue weighted by atomic mass is 32.2. The molecule has 0 atom stereocenters. The summed E-state index contributed by atoms with van der Waals surface area (Å²) in [5.41, 5.74) is 5.30. The van der Waals surface area contributed by atoms with Gasteiger partial charge in [-0.15, -0.1) is 0 Å². The van der Waals surface area contributed by atoms with Gasteiger partial charge < -0.3 is 11.1 Å². The highest BCUT2D eigenvalue weighted by Gasteiger charge is 2.20.